The average molecular weight is 575 g/mol. The van der Waals surface area contributed by atoms with Crippen LogP contribution in [0.2, 0.25) is 0 Å². The van der Waals surface area contributed by atoms with Crippen LogP contribution >= 0.6 is 15.9 Å². The number of nitrogens with zero attached hydrogens (tertiary/aromatic N) is 1. The van der Waals surface area contributed by atoms with Crippen LogP contribution in [0.5, 0.6) is 0 Å². The van der Waals surface area contributed by atoms with Gasteiger partial charge in [-0.3, -0.25) is 0 Å². The largest absolute Gasteiger partial charge is 1.00 e. The van der Waals surface area contributed by atoms with Crippen LogP contribution < -0.4 is 24.0 Å². The number of hydrogen-bond acceptors (Lipinski definition) is 0. The molecule has 0 unspecified atom stereocenters. The first-order valence-electron chi connectivity index (χ1n) is 12.6. The van der Waals surface area contributed by atoms with E-state index in [0.29, 0.717) is 0 Å². The van der Waals surface area contributed by atoms with Gasteiger partial charge in [0.2, 0.25) is 0 Å². The van der Waals surface area contributed by atoms with Crippen molar-refractivity contribution in [3.05, 3.63) is 0 Å². The molecule has 0 bridgehead atoms. The van der Waals surface area contributed by atoms with Crippen molar-refractivity contribution >= 4 is 15.9 Å². The van der Waals surface area contributed by atoms with Crippen molar-refractivity contribution in [2.24, 2.45) is 0 Å². The lowest BCUT2D eigenvalue weighted by atomic mass is 10.1. The number of unbranched alkanes of at least 4 members (excludes halogenated alkanes) is 16. The summed E-state index contributed by atoms with van der Waals surface area (Å²) in [6.45, 7) is 8.68. The van der Waals surface area contributed by atoms with E-state index in [1.54, 1.807) is 0 Å². The molecule has 3 heteroatoms. The summed E-state index contributed by atoms with van der Waals surface area (Å²) in [4.78, 5) is 0. The lowest BCUT2D eigenvalue weighted by molar-refractivity contribution is -0.907. The zero-order valence-electron chi connectivity index (χ0n) is 19.8. The maximum Gasteiger partial charge on any atom is 0.0883 e. The van der Waals surface area contributed by atoms with Gasteiger partial charge >= 0.3 is 0 Å². The Bertz CT molecular complexity index is 264. The van der Waals surface area contributed by atoms with Crippen molar-refractivity contribution in [2.75, 3.05) is 32.0 Å². The first-order chi connectivity index (χ1) is 13.2. The number of hydrogen-bond donors (Lipinski definition) is 0. The fourth-order valence-electron chi connectivity index (χ4n) is 4.15. The Hall–Kier alpha value is 1.17. The molecule has 0 aromatic carbocycles. The molecule has 0 atom stereocenters. The van der Waals surface area contributed by atoms with Crippen molar-refractivity contribution < 1.29 is 28.5 Å². The standard InChI is InChI=1S/C25H53BrN.HI/c1-4-6-8-10-12-14-16-18-20-23-27(3,25-22-26)24-21-19-17-15-13-11-9-7-5-2;/h4-25H2,1-3H3;1H/q+1;/p-1. The van der Waals surface area contributed by atoms with E-state index in [0.717, 1.165) is 5.33 Å². The van der Waals surface area contributed by atoms with Gasteiger partial charge in [-0.25, -0.2) is 0 Å². The molecule has 0 aromatic rings. The van der Waals surface area contributed by atoms with Crippen LogP contribution in [-0.2, 0) is 0 Å². The molecular formula is C25H53BrIN. The number of alkyl halides is 1. The minimum atomic E-state index is 0. The second-order valence-corrected chi connectivity index (χ2v) is 9.93. The molecule has 0 radical (unpaired) electrons. The highest BCUT2D eigenvalue weighted by Crippen LogP contribution is 2.15. The summed E-state index contributed by atoms with van der Waals surface area (Å²) < 4.78 is 1.29. The number of halogens is 2. The fourth-order valence-corrected chi connectivity index (χ4v) is 5.00. The zero-order chi connectivity index (χ0) is 20.1. The molecule has 0 rings (SSSR count). The van der Waals surface area contributed by atoms with Crippen molar-refractivity contribution in [3.8, 4) is 0 Å². The van der Waals surface area contributed by atoms with Crippen molar-refractivity contribution in [2.45, 2.75) is 129 Å². The topological polar surface area (TPSA) is 0 Å². The molecule has 0 saturated carbocycles. The summed E-state index contributed by atoms with van der Waals surface area (Å²) in [5.41, 5.74) is 0. The summed E-state index contributed by atoms with van der Waals surface area (Å²) in [5, 5.41) is 1.15. The Morgan fingerprint density at radius 3 is 1.04 bits per heavy atom. The Morgan fingerprint density at radius 1 is 0.464 bits per heavy atom. The van der Waals surface area contributed by atoms with Crippen LogP contribution in [0.25, 0.3) is 0 Å². The summed E-state index contributed by atoms with van der Waals surface area (Å²) in [5.74, 6) is 0. The predicted octanol–water partition coefficient (Wildman–Crippen LogP) is 5.89. The van der Waals surface area contributed by atoms with Gasteiger partial charge in [-0.05, 0) is 25.7 Å². The van der Waals surface area contributed by atoms with Gasteiger partial charge in [0.05, 0.1) is 32.0 Å². The van der Waals surface area contributed by atoms with Crippen LogP contribution in [0.1, 0.15) is 129 Å². The van der Waals surface area contributed by atoms with Crippen LogP contribution in [0.4, 0.5) is 0 Å². The highest BCUT2D eigenvalue weighted by atomic mass is 127. The first-order valence-corrected chi connectivity index (χ1v) is 13.7. The van der Waals surface area contributed by atoms with Gasteiger partial charge in [0.25, 0.3) is 0 Å². The quantitative estimate of drug-likeness (QED) is 0.0655. The smallest absolute Gasteiger partial charge is 0.0883 e. The molecule has 0 aliphatic heterocycles. The monoisotopic (exact) mass is 573 g/mol. The molecule has 0 saturated heterocycles. The molecule has 28 heavy (non-hydrogen) atoms. The number of rotatable bonds is 22. The van der Waals surface area contributed by atoms with E-state index in [4.69, 9.17) is 0 Å². The highest BCUT2D eigenvalue weighted by Gasteiger charge is 2.19. The Morgan fingerprint density at radius 2 is 0.750 bits per heavy atom. The average Bonchev–Trinajstić information content (AvgIpc) is 2.66. The zero-order valence-corrected chi connectivity index (χ0v) is 23.5. The third-order valence-corrected chi connectivity index (χ3v) is 6.58. The van der Waals surface area contributed by atoms with Crippen molar-refractivity contribution in [3.63, 3.8) is 0 Å². The van der Waals surface area contributed by atoms with Crippen molar-refractivity contribution in [1.82, 2.24) is 0 Å². The normalized spacial score (nSPS) is 11.6. The second kappa shape index (κ2) is 24.4. The van der Waals surface area contributed by atoms with E-state index in [2.05, 4.69) is 36.8 Å². The van der Waals surface area contributed by atoms with Crippen LogP contribution in [0.15, 0.2) is 0 Å². The summed E-state index contributed by atoms with van der Waals surface area (Å²) in [6, 6.07) is 0. The van der Waals surface area contributed by atoms with E-state index in [1.165, 1.54) is 140 Å². The third kappa shape index (κ3) is 21.9. The molecule has 0 amide bonds. The van der Waals surface area contributed by atoms with Gasteiger partial charge in [-0.15, -0.1) is 0 Å². The molecule has 0 heterocycles. The number of quaternary nitrogens is 1. The van der Waals surface area contributed by atoms with Crippen LogP contribution in [-0.4, -0.2) is 36.5 Å². The van der Waals surface area contributed by atoms with Gasteiger partial charge in [0.1, 0.15) is 0 Å². The van der Waals surface area contributed by atoms with Gasteiger partial charge in [-0.1, -0.05) is 120 Å². The van der Waals surface area contributed by atoms with E-state index in [-0.39, 0.29) is 24.0 Å². The van der Waals surface area contributed by atoms with Gasteiger partial charge in [-0.2, -0.15) is 0 Å². The van der Waals surface area contributed by atoms with E-state index in [1.807, 2.05) is 0 Å². The summed E-state index contributed by atoms with van der Waals surface area (Å²) in [7, 11) is 2.50. The SMILES string of the molecule is CCCCCCCCCCC[N+](C)(CCBr)CCCCCCCCCCC.[I-]. The van der Waals surface area contributed by atoms with E-state index < -0.39 is 0 Å². The highest BCUT2D eigenvalue weighted by molar-refractivity contribution is 9.09. The maximum atomic E-state index is 3.70. The second-order valence-electron chi connectivity index (χ2n) is 9.14. The minimum Gasteiger partial charge on any atom is -1.00 e. The molecule has 0 fully saturated rings. The van der Waals surface area contributed by atoms with Crippen LogP contribution in [0.3, 0.4) is 0 Å². The minimum absolute atomic E-state index is 0. The van der Waals surface area contributed by atoms with Gasteiger partial charge in [0.15, 0.2) is 0 Å². The Kier molecular flexibility index (Phi) is 27.4. The van der Waals surface area contributed by atoms with Gasteiger partial charge < -0.3 is 28.5 Å². The molecule has 1 nitrogen and oxygen atoms in total. The third-order valence-electron chi connectivity index (χ3n) is 6.23. The fraction of sp³-hybridized carbons (Fsp3) is 1.00. The Balaban J connectivity index is 0. The predicted molar refractivity (Wildman–Crippen MR) is 129 cm³/mol. The lowest BCUT2D eigenvalue weighted by Gasteiger charge is -2.34. The van der Waals surface area contributed by atoms with Crippen LogP contribution in [0, 0.1) is 0 Å². The summed E-state index contributed by atoms with van der Waals surface area (Å²) >= 11 is 3.70. The van der Waals surface area contributed by atoms with E-state index >= 15 is 0 Å². The summed E-state index contributed by atoms with van der Waals surface area (Å²) in [6.07, 6.45) is 25.9. The maximum absolute atomic E-state index is 3.70. The molecule has 0 aromatic heterocycles. The molecule has 0 spiro atoms. The first kappa shape index (κ1) is 31.4. The molecule has 172 valence electrons. The Labute approximate surface area is 204 Å². The lowest BCUT2D eigenvalue weighted by Crippen LogP contribution is -3.00. The van der Waals surface area contributed by atoms with E-state index in [9.17, 15) is 0 Å². The molecular weight excluding hydrogens is 521 g/mol. The molecule has 0 aliphatic rings. The van der Waals surface area contributed by atoms with Crippen molar-refractivity contribution in [1.29, 1.82) is 0 Å². The molecule has 0 aliphatic carbocycles. The van der Waals surface area contributed by atoms with Gasteiger partial charge in [0, 0.05) is 0 Å². The molecule has 0 N–H and O–H groups in total.